The molecule has 0 spiro atoms. The van der Waals surface area contributed by atoms with Gasteiger partial charge in [-0.05, 0) is 52.0 Å². The van der Waals surface area contributed by atoms with Gasteiger partial charge in [0.25, 0.3) is 0 Å². The summed E-state index contributed by atoms with van der Waals surface area (Å²) in [6.45, 7) is 1.75. The second-order valence-electron chi connectivity index (χ2n) is 6.76. The third-order valence-electron chi connectivity index (χ3n) is 4.19. The van der Waals surface area contributed by atoms with Gasteiger partial charge in [-0.2, -0.15) is 10.2 Å². The average Bonchev–Trinajstić information content (AvgIpc) is 3.44. The van der Waals surface area contributed by atoms with Crippen LogP contribution in [0, 0.1) is 17.1 Å². The second kappa shape index (κ2) is 8.11. The lowest BCUT2D eigenvalue weighted by molar-refractivity contribution is 0.405. The highest BCUT2D eigenvalue weighted by Gasteiger charge is 2.26. The molecule has 26 heavy (non-hydrogen) atoms. The van der Waals surface area contributed by atoms with E-state index in [1.54, 1.807) is 12.1 Å². The van der Waals surface area contributed by atoms with Gasteiger partial charge in [-0.25, -0.2) is 9.37 Å². The fraction of sp³-hybridized carbons (Fsp3) is 0.421. The summed E-state index contributed by atoms with van der Waals surface area (Å²) in [6, 6.07) is 8.30. The zero-order chi connectivity index (χ0) is 18.5. The fourth-order valence-corrected chi connectivity index (χ4v) is 2.67. The van der Waals surface area contributed by atoms with Gasteiger partial charge in [0.05, 0.1) is 11.4 Å². The molecule has 0 amide bonds. The second-order valence-corrected chi connectivity index (χ2v) is 6.76. The maximum Gasteiger partial charge on any atom is 0.224 e. The van der Waals surface area contributed by atoms with Crippen LogP contribution < -0.4 is 10.6 Å². The van der Waals surface area contributed by atoms with Gasteiger partial charge >= 0.3 is 0 Å². The van der Waals surface area contributed by atoms with E-state index in [2.05, 4.69) is 25.5 Å². The Bertz CT molecular complexity index is 810. The lowest BCUT2D eigenvalue weighted by Crippen LogP contribution is -2.17. The van der Waals surface area contributed by atoms with Crippen molar-refractivity contribution in [1.82, 2.24) is 14.9 Å². The number of rotatable bonds is 8. The Morgan fingerprint density at radius 2 is 2.12 bits per heavy atom. The van der Waals surface area contributed by atoms with Crippen molar-refractivity contribution in [1.29, 1.82) is 5.26 Å². The molecule has 136 valence electrons. The molecule has 0 radical (unpaired) electrons. The number of aromatic nitrogens is 2. The number of nitrogens with zero attached hydrogens (tertiary/aromatic N) is 4. The molecule has 1 aliphatic rings. The number of halogens is 1. The Morgan fingerprint density at radius 3 is 2.81 bits per heavy atom. The predicted molar refractivity (Wildman–Crippen MR) is 100 cm³/mol. The van der Waals surface area contributed by atoms with Gasteiger partial charge in [-0.3, -0.25) is 0 Å². The van der Waals surface area contributed by atoms with Crippen LogP contribution in [0.2, 0.25) is 0 Å². The number of nitrogens with one attached hydrogen (secondary N) is 2. The zero-order valence-electron chi connectivity index (χ0n) is 15.1. The van der Waals surface area contributed by atoms with Gasteiger partial charge in [0.1, 0.15) is 23.3 Å². The summed E-state index contributed by atoms with van der Waals surface area (Å²) in [7, 11) is 4.08. The summed E-state index contributed by atoms with van der Waals surface area (Å²) in [5.74, 6) is 1.05. The minimum atomic E-state index is -0.545. The zero-order valence-corrected chi connectivity index (χ0v) is 15.1. The Labute approximate surface area is 153 Å². The standard InChI is InChI=1S/C19H23FN6/c1-26(2)10-4-9-22-19-24-17(13-7-8-13)11-18(25-19)23-16-6-3-5-15(20)14(16)12-21/h3,5-6,11,13H,4,7-10H2,1-2H3,(H2,22,23,24,25). The topological polar surface area (TPSA) is 76.9 Å². The van der Waals surface area contributed by atoms with Crippen molar-refractivity contribution in [3.63, 3.8) is 0 Å². The van der Waals surface area contributed by atoms with Gasteiger partial charge in [0.15, 0.2) is 0 Å². The molecule has 1 aromatic carbocycles. The molecule has 1 aliphatic carbocycles. The first-order valence-corrected chi connectivity index (χ1v) is 8.80. The van der Waals surface area contributed by atoms with Crippen molar-refractivity contribution in [2.45, 2.75) is 25.2 Å². The van der Waals surface area contributed by atoms with Crippen molar-refractivity contribution < 1.29 is 4.39 Å². The maximum atomic E-state index is 13.8. The highest BCUT2D eigenvalue weighted by molar-refractivity contribution is 5.65. The quantitative estimate of drug-likeness (QED) is 0.707. The summed E-state index contributed by atoms with van der Waals surface area (Å²) in [5.41, 5.74) is 1.37. The van der Waals surface area contributed by atoms with Gasteiger partial charge in [0.2, 0.25) is 5.95 Å². The van der Waals surface area contributed by atoms with E-state index < -0.39 is 5.82 Å². The first-order valence-electron chi connectivity index (χ1n) is 8.80. The molecular formula is C19H23FN6. The Hall–Kier alpha value is -2.72. The van der Waals surface area contributed by atoms with Crippen molar-refractivity contribution in [3.8, 4) is 6.07 Å². The normalized spacial score (nSPS) is 13.5. The van der Waals surface area contributed by atoms with E-state index in [9.17, 15) is 9.65 Å². The molecule has 1 fully saturated rings. The van der Waals surface area contributed by atoms with Crippen LogP contribution in [0.25, 0.3) is 0 Å². The van der Waals surface area contributed by atoms with Crippen LogP contribution >= 0.6 is 0 Å². The van der Waals surface area contributed by atoms with Crippen LogP contribution in [-0.4, -0.2) is 42.1 Å². The molecule has 2 aromatic rings. The van der Waals surface area contributed by atoms with E-state index in [0.29, 0.717) is 23.4 Å². The van der Waals surface area contributed by atoms with Crippen molar-refractivity contribution in [3.05, 3.63) is 41.3 Å². The van der Waals surface area contributed by atoms with E-state index in [1.165, 1.54) is 6.07 Å². The van der Waals surface area contributed by atoms with E-state index in [1.807, 2.05) is 26.2 Å². The molecule has 0 saturated heterocycles. The Balaban J connectivity index is 1.78. The van der Waals surface area contributed by atoms with Gasteiger partial charge < -0.3 is 15.5 Å². The molecule has 0 atom stereocenters. The van der Waals surface area contributed by atoms with Crippen molar-refractivity contribution >= 4 is 17.5 Å². The lowest BCUT2D eigenvalue weighted by atomic mass is 10.2. The molecule has 1 aromatic heterocycles. The summed E-state index contributed by atoms with van der Waals surface area (Å²) >= 11 is 0. The molecule has 0 unspecified atom stereocenters. The van der Waals surface area contributed by atoms with Crippen LogP contribution in [0.1, 0.15) is 36.4 Å². The van der Waals surface area contributed by atoms with Crippen LogP contribution in [0.4, 0.5) is 21.8 Å². The Kier molecular flexibility index (Phi) is 5.64. The average molecular weight is 354 g/mol. The molecule has 0 bridgehead atoms. The molecule has 1 heterocycles. The van der Waals surface area contributed by atoms with Gasteiger partial charge in [-0.1, -0.05) is 6.07 Å². The summed E-state index contributed by atoms with van der Waals surface area (Å²) in [5, 5.41) is 15.5. The number of benzene rings is 1. The largest absolute Gasteiger partial charge is 0.354 e. The maximum absolute atomic E-state index is 13.8. The van der Waals surface area contributed by atoms with Crippen LogP contribution in [0.3, 0.4) is 0 Å². The molecule has 3 rings (SSSR count). The van der Waals surface area contributed by atoms with E-state index in [0.717, 1.165) is 38.0 Å². The van der Waals surface area contributed by atoms with Crippen LogP contribution in [-0.2, 0) is 0 Å². The molecule has 2 N–H and O–H groups in total. The van der Waals surface area contributed by atoms with E-state index >= 15 is 0 Å². The minimum absolute atomic E-state index is 0.0143. The molecule has 7 heteroatoms. The summed E-state index contributed by atoms with van der Waals surface area (Å²) < 4.78 is 13.8. The molecule has 1 saturated carbocycles. The highest BCUT2D eigenvalue weighted by Crippen LogP contribution is 2.40. The van der Waals surface area contributed by atoms with Gasteiger partial charge in [-0.15, -0.1) is 0 Å². The monoisotopic (exact) mass is 354 g/mol. The lowest BCUT2D eigenvalue weighted by Gasteiger charge is -2.13. The molecule has 0 aliphatic heterocycles. The van der Waals surface area contributed by atoms with E-state index in [4.69, 9.17) is 0 Å². The molecular weight excluding hydrogens is 331 g/mol. The van der Waals surface area contributed by atoms with Crippen LogP contribution in [0.15, 0.2) is 24.3 Å². The molecule has 6 nitrogen and oxygen atoms in total. The minimum Gasteiger partial charge on any atom is -0.354 e. The summed E-state index contributed by atoms with van der Waals surface area (Å²) in [6.07, 6.45) is 3.23. The number of nitriles is 1. The van der Waals surface area contributed by atoms with Crippen molar-refractivity contribution in [2.24, 2.45) is 0 Å². The fourth-order valence-electron chi connectivity index (χ4n) is 2.67. The van der Waals surface area contributed by atoms with E-state index in [-0.39, 0.29) is 5.56 Å². The number of hydrogen-bond donors (Lipinski definition) is 2. The van der Waals surface area contributed by atoms with Crippen LogP contribution in [0.5, 0.6) is 0 Å². The summed E-state index contributed by atoms with van der Waals surface area (Å²) in [4.78, 5) is 11.2. The number of hydrogen-bond acceptors (Lipinski definition) is 6. The first-order chi connectivity index (χ1) is 12.6. The number of anilines is 3. The third kappa shape index (κ3) is 4.67. The van der Waals surface area contributed by atoms with Gasteiger partial charge in [0, 0.05) is 18.5 Å². The predicted octanol–water partition coefficient (Wildman–Crippen LogP) is 3.47. The third-order valence-corrected chi connectivity index (χ3v) is 4.19. The Morgan fingerprint density at radius 1 is 1.31 bits per heavy atom. The SMILES string of the molecule is CN(C)CCCNc1nc(Nc2cccc(F)c2C#N)cc(C2CC2)n1. The highest BCUT2D eigenvalue weighted by atomic mass is 19.1. The first kappa shape index (κ1) is 18.1. The smallest absolute Gasteiger partial charge is 0.224 e. The van der Waals surface area contributed by atoms with Crippen molar-refractivity contribution in [2.75, 3.05) is 37.8 Å².